The average molecular weight is 1370 g/mol. The summed E-state index contributed by atoms with van der Waals surface area (Å²) in [6.45, 7) is 29.9. The normalized spacial score (nSPS) is 27.7. The fourth-order valence-electron chi connectivity index (χ4n) is 12.7. The molecule has 0 saturated carbocycles. The van der Waals surface area contributed by atoms with Gasteiger partial charge in [0.1, 0.15) is 76.3 Å². The van der Waals surface area contributed by atoms with Crippen LogP contribution in [0.1, 0.15) is 156 Å². The van der Waals surface area contributed by atoms with Gasteiger partial charge in [0.05, 0.1) is 25.1 Å². The van der Waals surface area contributed by atoms with Gasteiger partial charge < -0.3 is 65.4 Å². The molecule has 0 aromatic heterocycles. The monoisotopic (exact) mass is 1370 g/mol. The molecule has 2 aliphatic heterocycles. The predicted octanol–water partition coefficient (Wildman–Crippen LogP) is 1.83. The van der Waals surface area contributed by atoms with Gasteiger partial charge in [-0.2, -0.15) is 0 Å². The zero-order valence-corrected chi connectivity index (χ0v) is 62.6. The Morgan fingerprint density at radius 1 is 0.484 bits per heavy atom. The first-order chi connectivity index (χ1) is 43.9. The third-order valence-electron chi connectivity index (χ3n) is 18.7. The van der Waals surface area contributed by atoms with Crippen LogP contribution in [0, 0.1) is 41.4 Å². The fourth-order valence-corrected chi connectivity index (χ4v) is 13.8. The number of sulfone groups is 1. The molecule has 0 aromatic carbocycles. The SMILES string of the molecule is CC[C@@H]1NC(=O)[C@H]([C@H](O)[C@H](C)CC)N(C)C(=O)[C@H](C(C)C)N(C)C(=O)[C@H](CC(C)C)N(C)C(=O)[C@H](CC(C)C)N(C)C(=O)[C@@H](C)NC(=O)[C@H](C)NC(=O)[C@H](CC(C)C)N(C)C(=O)[C@H](C(C)C)NC(=O)[C@H]([C@H](C)CS(C)(=O)=O)N(C)C(=O)[C@@H](CCCN2CCOCC2)N(C)C1=O. The first-order valence-corrected chi connectivity index (χ1v) is 36.2. The van der Waals surface area contributed by atoms with E-state index in [9.17, 15) is 32.7 Å². The van der Waals surface area contributed by atoms with Gasteiger partial charge in [0.25, 0.3) is 0 Å². The van der Waals surface area contributed by atoms with Crippen molar-refractivity contribution in [2.75, 3.05) is 94.2 Å². The summed E-state index contributed by atoms with van der Waals surface area (Å²) in [5.41, 5.74) is 0. The van der Waals surface area contributed by atoms with Crippen molar-refractivity contribution < 1.29 is 71.0 Å². The number of amides is 11. The van der Waals surface area contributed by atoms with E-state index in [1.165, 1.54) is 94.6 Å². The summed E-state index contributed by atoms with van der Waals surface area (Å²) in [5, 5.41) is 23.1. The molecule has 28 heteroatoms. The lowest BCUT2D eigenvalue weighted by atomic mass is 9.92. The highest BCUT2D eigenvalue weighted by molar-refractivity contribution is 7.90. The molecule has 95 heavy (non-hydrogen) atoms. The number of carbonyl (C=O) groups excluding carboxylic acids is 11. The Morgan fingerprint density at radius 3 is 1.39 bits per heavy atom. The first kappa shape index (κ1) is 85.1. The lowest BCUT2D eigenvalue weighted by Gasteiger charge is -2.41. The Labute approximate surface area is 567 Å². The van der Waals surface area contributed by atoms with E-state index in [2.05, 4.69) is 26.2 Å². The summed E-state index contributed by atoms with van der Waals surface area (Å²) in [6, 6.07) is -14.8. The number of hydrogen-bond acceptors (Lipinski definition) is 16. The minimum Gasteiger partial charge on any atom is -0.390 e. The number of aliphatic hydroxyl groups is 1. The molecule has 27 nitrogen and oxygen atoms in total. The Hall–Kier alpha value is -6.00. The molecular formula is C67H122N12O15S. The minimum atomic E-state index is -3.85. The summed E-state index contributed by atoms with van der Waals surface area (Å²) in [6.07, 6.45) is 0.458. The van der Waals surface area contributed by atoms with Crippen LogP contribution in [0.4, 0.5) is 0 Å². The zero-order chi connectivity index (χ0) is 73.2. The van der Waals surface area contributed by atoms with Crippen molar-refractivity contribution in [3.05, 3.63) is 0 Å². The molecule has 0 unspecified atom stereocenters. The number of hydrogen-bond donors (Lipinski definition) is 5. The maximum absolute atomic E-state index is 15.5. The van der Waals surface area contributed by atoms with Crippen molar-refractivity contribution in [1.29, 1.82) is 0 Å². The number of rotatable bonds is 19. The fraction of sp³-hybridized carbons (Fsp3) is 0.836. The first-order valence-electron chi connectivity index (χ1n) is 34.1. The lowest BCUT2D eigenvalue weighted by molar-refractivity contribution is -0.157. The average Bonchev–Trinajstić information content (AvgIpc) is 0.814. The van der Waals surface area contributed by atoms with Crippen LogP contribution in [0.5, 0.6) is 0 Å². The molecule has 2 rings (SSSR count). The molecule has 5 N–H and O–H groups in total. The summed E-state index contributed by atoms with van der Waals surface area (Å²) < 4.78 is 31.8. The maximum Gasteiger partial charge on any atom is 0.246 e. The third kappa shape index (κ3) is 23.9. The van der Waals surface area contributed by atoms with Crippen molar-refractivity contribution in [3.8, 4) is 0 Å². The summed E-state index contributed by atoms with van der Waals surface area (Å²) in [4.78, 5) is 175. The number of nitrogens with one attached hydrogen (secondary N) is 4. The minimum absolute atomic E-state index is 0.0174. The molecule has 14 atom stereocenters. The maximum atomic E-state index is 15.5. The zero-order valence-electron chi connectivity index (χ0n) is 61.8. The van der Waals surface area contributed by atoms with Gasteiger partial charge in [0, 0.05) is 68.7 Å². The highest BCUT2D eigenvalue weighted by atomic mass is 32.2. The number of carbonyl (C=O) groups is 11. The van der Waals surface area contributed by atoms with Gasteiger partial charge in [-0.1, -0.05) is 103 Å². The summed E-state index contributed by atoms with van der Waals surface area (Å²) in [7, 11) is 5.86. The van der Waals surface area contributed by atoms with E-state index in [1.807, 2.05) is 41.5 Å². The van der Waals surface area contributed by atoms with E-state index in [0.29, 0.717) is 45.7 Å². The molecule has 546 valence electrons. The van der Waals surface area contributed by atoms with E-state index < -0.39 is 177 Å². The number of nitrogens with zero attached hydrogens (tertiary/aromatic N) is 8. The molecule has 0 spiro atoms. The molecule has 2 fully saturated rings. The molecule has 2 aliphatic rings. The molecule has 0 radical (unpaired) electrons. The Bertz CT molecular complexity index is 2730. The van der Waals surface area contributed by atoms with Gasteiger partial charge in [-0.05, 0) is 100 Å². The van der Waals surface area contributed by atoms with Crippen molar-refractivity contribution in [1.82, 2.24) is 60.5 Å². The van der Waals surface area contributed by atoms with E-state index >= 15 is 33.6 Å². The number of morpholine rings is 1. The lowest BCUT2D eigenvalue weighted by Crippen LogP contribution is -2.64. The van der Waals surface area contributed by atoms with E-state index in [0.717, 1.165) is 16.1 Å². The van der Waals surface area contributed by atoms with Gasteiger partial charge in [0.15, 0.2) is 0 Å². The second kappa shape index (κ2) is 38.2. The number of aliphatic hydroxyl groups excluding tert-OH is 1. The van der Waals surface area contributed by atoms with E-state index in [4.69, 9.17) is 4.74 Å². The van der Waals surface area contributed by atoms with Gasteiger partial charge in [-0.3, -0.25) is 57.6 Å². The van der Waals surface area contributed by atoms with Gasteiger partial charge in [0.2, 0.25) is 65.0 Å². The summed E-state index contributed by atoms with van der Waals surface area (Å²) >= 11 is 0. The van der Waals surface area contributed by atoms with Crippen LogP contribution in [0.15, 0.2) is 0 Å². The smallest absolute Gasteiger partial charge is 0.246 e. The van der Waals surface area contributed by atoms with Crippen molar-refractivity contribution in [2.45, 2.75) is 228 Å². The largest absolute Gasteiger partial charge is 0.390 e. The second-order valence-corrected chi connectivity index (χ2v) is 31.1. The molecule has 0 aliphatic carbocycles. The Balaban J connectivity index is 3.14. The van der Waals surface area contributed by atoms with E-state index in [-0.39, 0.29) is 49.9 Å². The molecule has 2 heterocycles. The standard InChI is InChI=1S/C67H122N12O15S/c1-25-43(13)56(80)55-60(84)70-47(26-2)62(86)72(17)48(28-27-29-79-30-32-94-33-31-79)63(87)77(22)54(44(14)37-95(24,92)93)59(83)71-52(41(9)10)66(90)73(18)49(34-38(3)4)58(82)68-45(15)57(81)69-46(16)61(85)74(19)50(35-39(5)6)64(88)75(20)51(36-40(7)8)65(89)76(21)53(42(11)12)67(91)78(55)23/h38-56,80H,25-37H2,1-24H3,(H,68,82)(H,69,81)(H,70,84)(H,71,83)/t43-,44-,45+,46-,47+,48-,49+,50+,51+,52+,53+,54+,55+,56-/m1/s1. The quantitative estimate of drug-likeness (QED) is 0.123. The van der Waals surface area contributed by atoms with Crippen LogP contribution in [-0.4, -0.2) is 284 Å². The molecular weight excluding hydrogens is 1240 g/mol. The second-order valence-electron chi connectivity index (χ2n) is 28.9. The van der Waals surface area contributed by atoms with E-state index in [1.54, 1.807) is 48.5 Å². The van der Waals surface area contributed by atoms with Crippen molar-refractivity contribution >= 4 is 74.8 Å². The van der Waals surface area contributed by atoms with Gasteiger partial charge in [-0.15, -0.1) is 0 Å². The predicted molar refractivity (Wildman–Crippen MR) is 364 cm³/mol. The van der Waals surface area contributed by atoms with Crippen LogP contribution >= 0.6 is 0 Å². The van der Waals surface area contributed by atoms with Gasteiger partial charge in [-0.25, -0.2) is 8.42 Å². The van der Waals surface area contributed by atoms with Crippen molar-refractivity contribution in [3.63, 3.8) is 0 Å². The Morgan fingerprint density at radius 2 is 0.916 bits per heavy atom. The third-order valence-corrected chi connectivity index (χ3v) is 19.8. The number of ether oxygens (including phenoxy) is 1. The van der Waals surface area contributed by atoms with Crippen molar-refractivity contribution in [2.24, 2.45) is 41.4 Å². The van der Waals surface area contributed by atoms with Crippen LogP contribution in [-0.2, 0) is 67.3 Å². The van der Waals surface area contributed by atoms with Crippen LogP contribution in [0.25, 0.3) is 0 Å². The van der Waals surface area contributed by atoms with Crippen LogP contribution < -0.4 is 21.3 Å². The highest BCUT2D eigenvalue weighted by Crippen LogP contribution is 2.27. The Kier molecular flexibility index (Phi) is 34.2. The molecule has 11 amide bonds. The molecule has 2 saturated heterocycles. The number of likely N-dealkylation sites (N-methyl/N-ethyl adjacent to an activating group) is 7. The summed E-state index contributed by atoms with van der Waals surface area (Å²) in [5.74, 6) is -12.4. The van der Waals surface area contributed by atoms with Crippen LogP contribution in [0.3, 0.4) is 0 Å². The van der Waals surface area contributed by atoms with Crippen LogP contribution in [0.2, 0.25) is 0 Å². The van der Waals surface area contributed by atoms with Gasteiger partial charge >= 0.3 is 0 Å². The topological polar surface area (TPSA) is 325 Å². The molecule has 0 bridgehead atoms. The molecule has 0 aromatic rings. The highest BCUT2D eigenvalue weighted by Gasteiger charge is 2.47.